The molecule has 5 nitrogen and oxygen atoms in total. The van der Waals surface area contributed by atoms with E-state index in [9.17, 15) is 9.90 Å². The van der Waals surface area contributed by atoms with Crippen LogP contribution >= 0.6 is 0 Å². The van der Waals surface area contributed by atoms with Crippen LogP contribution in [0.4, 0.5) is 0 Å². The second-order valence-electron chi connectivity index (χ2n) is 9.52. The molecule has 0 aromatic heterocycles. The molecule has 0 saturated carbocycles. The second kappa shape index (κ2) is 11.5. The summed E-state index contributed by atoms with van der Waals surface area (Å²) in [6.45, 7) is 3.24. The molecular formula is C30H36N2O3. The van der Waals surface area contributed by atoms with Crippen molar-refractivity contribution in [2.45, 2.75) is 36.7 Å². The predicted octanol–water partition coefficient (Wildman–Crippen LogP) is 4.49. The van der Waals surface area contributed by atoms with E-state index in [0.29, 0.717) is 19.4 Å². The summed E-state index contributed by atoms with van der Waals surface area (Å²) >= 11 is 0. The summed E-state index contributed by atoms with van der Waals surface area (Å²) in [6.07, 6.45) is 4.14. The normalized spacial score (nSPS) is 15.9. The minimum Gasteiger partial charge on any atom is -0.497 e. The highest BCUT2D eigenvalue weighted by molar-refractivity contribution is 5.48. The van der Waals surface area contributed by atoms with Gasteiger partial charge in [-0.05, 0) is 61.1 Å². The van der Waals surface area contributed by atoms with Gasteiger partial charge in [0.25, 0.3) is 0 Å². The quantitative estimate of drug-likeness (QED) is 0.404. The zero-order valence-electron chi connectivity index (χ0n) is 20.5. The van der Waals surface area contributed by atoms with Crippen molar-refractivity contribution in [3.05, 3.63) is 102 Å². The summed E-state index contributed by atoms with van der Waals surface area (Å²) in [6, 6.07) is 28.8. The molecule has 1 heterocycles. The van der Waals surface area contributed by atoms with Crippen LogP contribution in [-0.2, 0) is 15.8 Å². The van der Waals surface area contributed by atoms with E-state index >= 15 is 0 Å². The van der Waals surface area contributed by atoms with Crippen molar-refractivity contribution in [2.75, 3.05) is 33.3 Å². The number of likely N-dealkylation sites (tertiary alicyclic amines) is 1. The van der Waals surface area contributed by atoms with E-state index in [-0.39, 0.29) is 5.41 Å². The number of aliphatic hydroxyl groups is 1. The number of hydrogen-bond donors (Lipinski definition) is 2. The van der Waals surface area contributed by atoms with E-state index < -0.39 is 5.60 Å². The maximum absolute atomic E-state index is 11.3. The van der Waals surface area contributed by atoms with Crippen molar-refractivity contribution in [1.29, 1.82) is 0 Å². The van der Waals surface area contributed by atoms with Crippen molar-refractivity contribution in [1.82, 2.24) is 10.2 Å². The van der Waals surface area contributed by atoms with Gasteiger partial charge in [0.2, 0.25) is 6.41 Å². The molecule has 1 saturated heterocycles. The molecule has 1 fully saturated rings. The number of ether oxygens (including phenoxy) is 1. The number of nitrogens with zero attached hydrogens (tertiary/aromatic N) is 1. The molecule has 4 rings (SSSR count). The Hall–Kier alpha value is -3.15. The van der Waals surface area contributed by atoms with E-state index in [0.717, 1.165) is 50.2 Å². The number of carbonyl (C=O) groups is 1. The Morgan fingerprint density at radius 1 is 0.943 bits per heavy atom. The number of amides is 1. The van der Waals surface area contributed by atoms with Gasteiger partial charge in [-0.3, -0.25) is 4.79 Å². The topological polar surface area (TPSA) is 61.8 Å². The van der Waals surface area contributed by atoms with Crippen LogP contribution in [0.15, 0.2) is 84.9 Å². The highest BCUT2D eigenvalue weighted by Gasteiger charge is 2.36. The number of carbonyl (C=O) groups excluding carboxylic acids is 1. The third kappa shape index (κ3) is 5.75. The lowest BCUT2D eigenvalue weighted by molar-refractivity contribution is -0.109. The van der Waals surface area contributed by atoms with Gasteiger partial charge < -0.3 is 20.1 Å². The summed E-state index contributed by atoms with van der Waals surface area (Å²) in [5.74, 6) is 0.805. The first-order chi connectivity index (χ1) is 17.1. The molecule has 3 aromatic carbocycles. The SMILES string of the molecule is COc1ccc(C2(O)CCN(CCCC(CNC=O)(c3ccccc3)c3ccccc3)CC2)cc1. The van der Waals surface area contributed by atoms with E-state index in [1.165, 1.54) is 11.1 Å². The fourth-order valence-electron chi connectivity index (χ4n) is 5.42. The predicted molar refractivity (Wildman–Crippen MR) is 140 cm³/mol. The van der Waals surface area contributed by atoms with E-state index in [1.54, 1.807) is 7.11 Å². The third-order valence-electron chi connectivity index (χ3n) is 7.53. The number of methoxy groups -OCH3 is 1. The van der Waals surface area contributed by atoms with Crippen LogP contribution in [0.2, 0.25) is 0 Å². The minimum atomic E-state index is -0.783. The molecule has 5 heteroatoms. The summed E-state index contributed by atoms with van der Waals surface area (Å²) in [4.78, 5) is 13.7. The molecule has 1 amide bonds. The number of benzene rings is 3. The van der Waals surface area contributed by atoms with Crippen molar-refractivity contribution < 1.29 is 14.6 Å². The molecule has 0 bridgehead atoms. The van der Waals surface area contributed by atoms with Crippen LogP contribution in [0.1, 0.15) is 42.4 Å². The van der Waals surface area contributed by atoms with Crippen LogP contribution < -0.4 is 10.1 Å². The Balaban J connectivity index is 1.43. The molecule has 0 aliphatic carbocycles. The van der Waals surface area contributed by atoms with Gasteiger partial charge >= 0.3 is 0 Å². The zero-order chi connectivity index (χ0) is 24.6. The summed E-state index contributed by atoms with van der Waals surface area (Å²) in [7, 11) is 1.65. The molecule has 0 spiro atoms. The van der Waals surface area contributed by atoms with E-state index in [4.69, 9.17) is 4.74 Å². The van der Waals surface area contributed by atoms with Gasteiger partial charge in [-0.1, -0.05) is 72.8 Å². The van der Waals surface area contributed by atoms with Gasteiger partial charge in [0.1, 0.15) is 5.75 Å². The summed E-state index contributed by atoms with van der Waals surface area (Å²) in [5.41, 5.74) is 2.32. The highest BCUT2D eigenvalue weighted by atomic mass is 16.5. The third-order valence-corrected chi connectivity index (χ3v) is 7.53. The van der Waals surface area contributed by atoms with Crippen LogP contribution in [0.3, 0.4) is 0 Å². The Bertz CT molecular complexity index is 1010. The zero-order valence-corrected chi connectivity index (χ0v) is 20.5. The van der Waals surface area contributed by atoms with Crippen molar-refractivity contribution in [2.24, 2.45) is 0 Å². The van der Waals surface area contributed by atoms with Gasteiger partial charge in [-0.25, -0.2) is 0 Å². The molecule has 0 radical (unpaired) electrons. The van der Waals surface area contributed by atoms with Crippen molar-refractivity contribution in [3.63, 3.8) is 0 Å². The Labute approximate surface area is 208 Å². The van der Waals surface area contributed by atoms with Crippen LogP contribution in [-0.4, -0.2) is 49.7 Å². The van der Waals surface area contributed by atoms with Crippen molar-refractivity contribution in [3.8, 4) is 5.75 Å². The average molecular weight is 473 g/mol. The molecule has 1 aliphatic heterocycles. The maximum Gasteiger partial charge on any atom is 0.207 e. The first-order valence-electron chi connectivity index (χ1n) is 12.5. The monoisotopic (exact) mass is 472 g/mol. The number of piperidine rings is 1. The smallest absolute Gasteiger partial charge is 0.207 e. The van der Waals surface area contributed by atoms with Crippen molar-refractivity contribution >= 4 is 6.41 Å². The lowest BCUT2D eigenvalue weighted by Gasteiger charge is -2.40. The molecule has 0 atom stereocenters. The standard InChI is InChI=1S/C30H36N2O3/c1-35-28-15-13-27(14-16-28)30(34)18-21-32(22-19-30)20-8-17-29(23-31-24-33,25-9-4-2-5-10-25)26-11-6-3-7-12-26/h2-7,9-16,24,34H,8,17-23H2,1H3,(H,31,33). The van der Waals surface area contributed by atoms with E-state index in [1.807, 2.05) is 36.4 Å². The van der Waals surface area contributed by atoms with E-state index in [2.05, 4.69) is 58.7 Å². The molecule has 3 aromatic rings. The summed E-state index contributed by atoms with van der Waals surface area (Å²) in [5, 5.41) is 14.2. The van der Waals surface area contributed by atoms with Gasteiger partial charge in [0, 0.05) is 25.0 Å². The molecular weight excluding hydrogens is 436 g/mol. The Morgan fingerprint density at radius 3 is 2.03 bits per heavy atom. The number of rotatable bonds is 11. The average Bonchev–Trinajstić information content (AvgIpc) is 2.93. The fraction of sp³-hybridized carbons (Fsp3) is 0.367. The van der Waals surface area contributed by atoms with Gasteiger partial charge in [0.05, 0.1) is 12.7 Å². The molecule has 2 N–H and O–H groups in total. The molecule has 0 unspecified atom stereocenters. The second-order valence-corrected chi connectivity index (χ2v) is 9.52. The molecule has 35 heavy (non-hydrogen) atoms. The number of hydrogen-bond acceptors (Lipinski definition) is 4. The van der Waals surface area contributed by atoms with Gasteiger partial charge in [0.15, 0.2) is 0 Å². The van der Waals surface area contributed by atoms with Crippen LogP contribution in [0, 0.1) is 0 Å². The van der Waals surface area contributed by atoms with Crippen LogP contribution in [0.25, 0.3) is 0 Å². The first-order valence-corrected chi connectivity index (χ1v) is 12.5. The molecule has 1 aliphatic rings. The Morgan fingerprint density at radius 2 is 1.51 bits per heavy atom. The van der Waals surface area contributed by atoms with Gasteiger partial charge in [-0.15, -0.1) is 0 Å². The Kier molecular flexibility index (Phi) is 8.21. The largest absolute Gasteiger partial charge is 0.497 e. The lowest BCUT2D eigenvalue weighted by atomic mass is 9.71. The highest BCUT2D eigenvalue weighted by Crippen LogP contribution is 2.37. The lowest BCUT2D eigenvalue weighted by Crippen LogP contribution is -2.44. The van der Waals surface area contributed by atoms with Gasteiger partial charge in [-0.2, -0.15) is 0 Å². The fourth-order valence-corrected chi connectivity index (χ4v) is 5.42. The molecule has 184 valence electrons. The number of nitrogens with one attached hydrogen (secondary N) is 1. The van der Waals surface area contributed by atoms with Crippen LogP contribution in [0.5, 0.6) is 5.75 Å². The summed E-state index contributed by atoms with van der Waals surface area (Å²) < 4.78 is 5.25. The maximum atomic E-state index is 11.3. The first kappa shape index (κ1) is 25.0. The minimum absolute atomic E-state index is 0.289.